The predicted molar refractivity (Wildman–Crippen MR) is 84.1 cm³/mol. The molecule has 0 N–H and O–H groups in total. The number of nitrogens with zero attached hydrogens (tertiary/aromatic N) is 1. The molecule has 1 aromatic heterocycles. The minimum Gasteiger partial charge on any atom is -0.408 e. The van der Waals surface area contributed by atoms with Crippen molar-refractivity contribution in [2.24, 2.45) is 0 Å². The lowest BCUT2D eigenvalue weighted by molar-refractivity contribution is 0.135. The van der Waals surface area contributed by atoms with Crippen molar-refractivity contribution in [3.8, 4) is 0 Å². The van der Waals surface area contributed by atoms with E-state index >= 15 is 0 Å². The fourth-order valence-electron chi connectivity index (χ4n) is 1.72. The summed E-state index contributed by atoms with van der Waals surface area (Å²) in [5.41, 5.74) is 0.955. The van der Waals surface area contributed by atoms with Crippen molar-refractivity contribution >= 4 is 41.2 Å². The van der Waals surface area contributed by atoms with Gasteiger partial charge in [-0.15, -0.1) is 0 Å². The molecule has 9 heteroatoms. The van der Waals surface area contributed by atoms with Crippen molar-refractivity contribution in [3.63, 3.8) is 0 Å². The largest absolute Gasteiger partial charge is 0.421 e. The summed E-state index contributed by atoms with van der Waals surface area (Å²) >= 11 is 11.1. The third kappa shape index (κ3) is 3.94. The van der Waals surface area contributed by atoms with Crippen LogP contribution in [0.1, 0.15) is 13.8 Å². The molecule has 0 amide bonds. The van der Waals surface area contributed by atoms with Crippen LogP contribution in [-0.2, 0) is 32.1 Å². The maximum atomic E-state index is 11.9. The molecule has 0 spiro atoms. The Labute approximate surface area is 131 Å². The van der Waals surface area contributed by atoms with Crippen molar-refractivity contribution in [1.29, 1.82) is 0 Å². The highest BCUT2D eigenvalue weighted by Crippen LogP contribution is 2.49. The Morgan fingerprint density at radius 2 is 1.95 bits per heavy atom. The van der Waals surface area contributed by atoms with Gasteiger partial charge in [-0.25, -0.2) is 9.36 Å². The Morgan fingerprint density at radius 1 is 1.29 bits per heavy atom. The monoisotopic (exact) mass is 351 g/mol. The average Bonchev–Trinajstić information content (AvgIpc) is 2.71. The van der Waals surface area contributed by atoms with Crippen LogP contribution in [0.3, 0.4) is 0 Å². The Balaban J connectivity index is 2.25. The number of hydrogen-bond acceptors (Lipinski definition) is 6. The summed E-state index contributed by atoms with van der Waals surface area (Å²) in [7, 11) is 0. The molecule has 2 aromatic rings. The predicted octanol–water partition coefficient (Wildman–Crippen LogP) is 3.52. The van der Waals surface area contributed by atoms with Gasteiger partial charge in [0.1, 0.15) is 6.73 Å². The second-order valence-electron chi connectivity index (χ2n) is 3.95. The molecule has 0 radical (unpaired) electrons. The number of halogens is 1. The van der Waals surface area contributed by atoms with E-state index in [0.29, 0.717) is 29.3 Å². The molecule has 0 bridgehead atoms. The van der Waals surface area contributed by atoms with E-state index < -0.39 is 12.5 Å². The fourth-order valence-corrected chi connectivity index (χ4v) is 3.77. The number of oxazole rings is 1. The Bertz CT molecular complexity index is 718. The zero-order chi connectivity index (χ0) is 15.5. The van der Waals surface area contributed by atoms with Gasteiger partial charge in [0, 0.05) is 11.1 Å². The molecule has 0 saturated heterocycles. The third-order valence-corrected chi connectivity index (χ3v) is 5.31. The lowest BCUT2D eigenvalue weighted by Gasteiger charge is -2.20. The molecule has 1 heterocycles. The molecule has 1 aromatic carbocycles. The van der Waals surface area contributed by atoms with E-state index in [4.69, 9.17) is 41.4 Å². The molecule has 0 aliphatic carbocycles. The van der Waals surface area contributed by atoms with Crippen molar-refractivity contribution < 1.29 is 18.0 Å². The van der Waals surface area contributed by atoms with Crippen LogP contribution in [0.15, 0.2) is 27.4 Å². The van der Waals surface area contributed by atoms with E-state index in [0.717, 1.165) is 0 Å². The molecule has 0 aliphatic rings. The van der Waals surface area contributed by atoms with Gasteiger partial charge in [0.25, 0.3) is 0 Å². The number of benzene rings is 1. The van der Waals surface area contributed by atoms with Gasteiger partial charge in [0.15, 0.2) is 5.58 Å². The first-order valence-electron chi connectivity index (χ1n) is 6.31. The molecular formula is C12H15ClNO5PS. The van der Waals surface area contributed by atoms with Gasteiger partial charge >= 0.3 is 12.5 Å². The average molecular weight is 352 g/mol. The topological polar surface area (TPSA) is 62.8 Å². The summed E-state index contributed by atoms with van der Waals surface area (Å²) in [6.45, 7) is 1.36. The van der Waals surface area contributed by atoms with Crippen LogP contribution < -0.4 is 5.76 Å². The van der Waals surface area contributed by atoms with Crippen LogP contribution in [0.25, 0.3) is 11.1 Å². The lowest BCUT2D eigenvalue weighted by Crippen LogP contribution is -2.16. The Hall–Kier alpha value is -0.690. The van der Waals surface area contributed by atoms with Crippen LogP contribution in [0.4, 0.5) is 0 Å². The summed E-state index contributed by atoms with van der Waals surface area (Å²) in [6, 6.07) is 4.91. The normalized spacial score (nSPS) is 12.1. The summed E-state index contributed by atoms with van der Waals surface area (Å²) in [6.07, 6.45) is 0. The second-order valence-corrected chi connectivity index (χ2v) is 7.40. The number of hydrogen-bond donors (Lipinski definition) is 0. The zero-order valence-electron chi connectivity index (χ0n) is 11.6. The van der Waals surface area contributed by atoms with Crippen LogP contribution >= 0.6 is 18.3 Å². The molecule has 116 valence electrons. The van der Waals surface area contributed by atoms with E-state index in [-0.39, 0.29) is 6.73 Å². The maximum Gasteiger partial charge on any atom is 0.421 e. The standard InChI is InChI=1S/C12H15ClNO5PS/c1-3-16-20(21,17-4-2)18-8-14-10-6-5-9(13)7-11(10)19-12(14)15/h5-7H,3-4,8H2,1-2H3. The van der Waals surface area contributed by atoms with E-state index in [1.807, 2.05) is 0 Å². The summed E-state index contributed by atoms with van der Waals surface area (Å²) < 4.78 is 22.6. The first-order valence-corrected chi connectivity index (χ1v) is 9.25. The smallest absolute Gasteiger partial charge is 0.408 e. The molecule has 0 unspecified atom stereocenters. The molecule has 21 heavy (non-hydrogen) atoms. The van der Waals surface area contributed by atoms with Crippen molar-refractivity contribution in [2.45, 2.75) is 20.6 Å². The number of rotatable bonds is 7. The van der Waals surface area contributed by atoms with Gasteiger partial charge in [-0.2, -0.15) is 0 Å². The number of fused-ring (bicyclic) bond motifs is 1. The summed E-state index contributed by atoms with van der Waals surface area (Å²) in [5.74, 6) is -0.554. The van der Waals surface area contributed by atoms with E-state index in [1.54, 1.807) is 32.0 Å². The molecule has 0 atom stereocenters. The minimum atomic E-state index is -2.86. The van der Waals surface area contributed by atoms with Crippen LogP contribution in [0.2, 0.25) is 5.02 Å². The Kier molecular flexibility index (Phi) is 5.60. The second kappa shape index (κ2) is 7.05. The molecule has 2 rings (SSSR count). The highest BCUT2D eigenvalue weighted by molar-refractivity contribution is 8.07. The first kappa shape index (κ1) is 16.7. The quantitative estimate of drug-likeness (QED) is 0.711. The number of aromatic nitrogens is 1. The molecule has 0 saturated carbocycles. The van der Waals surface area contributed by atoms with Crippen LogP contribution in [-0.4, -0.2) is 17.8 Å². The van der Waals surface area contributed by atoms with E-state index in [2.05, 4.69) is 0 Å². The molecule has 0 aliphatic heterocycles. The molecule has 0 fully saturated rings. The zero-order valence-corrected chi connectivity index (χ0v) is 14.0. The SMILES string of the molecule is CCOP(=S)(OCC)OCn1c(=O)oc2cc(Cl)ccc21. The first-order chi connectivity index (χ1) is 9.99. The van der Waals surface area contributed by atoms with Crippen molar-refractivity contribution in [2.75, 3.05) is 13.2 Å². The molecule has 6 nitrogen and oxygen atoms in total. The maximum absolute atomic E-state index is 11.9. The Morgan fingerprint density at radius 3 is 2.57 bits per heavy atom. The van der Waals surface area contributed by atoms with E-state index in [1.165, 1.54) is 4.57 Å². The van der Waals surface area contributed by atoms with Crippen LogP contribution in [0.5, 0.6) is 0 Å². The van der Waals surface area contributed by atoms with Gasteiger partial charge in [-0.05, 0) is 37.8 Å². The van der Waals surface area contributed by atoms with Crippen molar-refractivity contribution in [3.05, 3.63) is 33.8 Å². The molecular weight excluding hydrogens is 337 g/mol. The van der Waals surface area contributed by atoms with Gasteiger partial charge < -0.3 is 13.5 Å². The summed E-state index contributed by atoms with van der Waals surface area (Å²) in [5, 5.41) is 0.484. The van der Waals surface area contributed by atoms with Gasteiger partial charge in [0.05, 0.1) is 18.7 Å². The van der Waals surface area contributed by atoms with Gasteiger partial charge in [-0.3, -0.25) is 4.52 Å². The highest BCUT2D eigenvalue weighted by atomic mass is 35.5. The fraction of sp³-hybridized carbons (Fsp3) is 0.417. The third-order valence-electron chi connectivity index (χ3n) is 2.55. The van der Waals surface area contributed by atoms with E-state index in [9.17, 15) is 4.79 Å². The van der Waals surface area contributed by atoms with Crippen LogP contribution in [0, 0.1) is 0 Å². The lowest BCUT2D eigenvalue weighted by atomic mass is 10.3. The van der Waals surface area contributed by atoms with Gasteiger partial charge in [-0.1, -0.05) is 11.6 Å². The van der Waals surface area contributed by atoms with Gasteiger partial charge in [0.2, 0.25) is 0 Å². The van der Waals surface area contributed by atoms with Crippen molar-refractivity contribution in [1.82, 2.24) is 4.57 Å². The minimum absolute atomic E-state index is 0.106. The highest BCUT2D eigenvalue weighted by Gasteiger charge is 2.21. The summed E-state index contributed by atoms with van der Waals surface area (Å²) in [4.78, 5) is 11.9.